The van der Waals surface area contributed by atoms with Gasteiger partial charge in [0.1, 0.15) is 11.4 Å². The van der Waals surface area contributed by atoms with E-state index in [4.69, 9.17) is 16.3 Å². The summed E-state index contributed by atoms with van der Waals surface area (Å²) in [5.74, 6) is 0.729. The molecule has 8 heteroatoms. The van der Waals surface area contributed by atoms with Crippen LogP contribution in [0.4, 0.5) is 10.6 Å². The van der Waals surface area contributed by atoms with Gasteiger partial charge in [-0.05, 0) is 48.3 Å². The maximum absolute atomic E-state index is 11.6. The second-order valence-corrected chi connectivity index (χ2v) is 6.75. The van der Waals surface area contributed by atoms with Gasteiger partial charge in [-0.25, -0.2) is 9.78 Å². The Kier molecular flexibility index (Phi) is 4.39. The molecule has 1 fully saturated rings. The Morgan fingerprint density at radius 1 is 1.55 bits per heavy atom. The molecule has 6 nitrogen and oxygen atoms in total. The molecular formula is C12H16BrClN4O2. The number of alkyl carbamates (subject to hydrolysis) is 1. The number of hydrogen-bond donors (Lipinski definition) is 1. The van der Waals surface area contributed by atoms with E-state index in [9.17, 15) is 4.79 Å². The monoisotopic (exact) mass is 362 g/mol. The van der Waals surface area contributed by atoms with Crippen LogP contribution in [-0.4, -0.2) is 40.8 Å². The van der Waals surface area contributed by atoms with E-state index in [1.807, 2.05) is 25.7 Å². The lowest BCUT2D eigenvalue weighted by Gasteiger charge is -2.40. The number of carbonyl (C=O) groups excluding carboxylic acids is 1. The second-order valence-electron chi connectivity index (χ2n) is 5.56. The SMILES string of the molecule is CC(C)(C)OC(=O)NC1CN(c2nc(Cl)ncc2Br)C1. The summed E-state index contributed by atoms with van der Waals surface area (Å²) >= 11 is 9.15. The zero-order chi connectivity index (χ0) is 14.9. The van der Waals surface area contributed by atoms with Crippen LogP contribution in [-0.2, 0) is 4.74 Å². The van der Waals surface area contributed by atoms with Crippen LogP contribution in [0.3, 0.4) is 0 Å². The molecule has 0 aromatic carbocycles. The molecule has 1 amide bonds. The highest BCUT2D eigenvalue weighted by Gasteiger charge is 2.31. The van der Waals surface area contributed by atoms with Gasteiger partial charge in [-0.15, -0.1) is 0 Å². The summed E-state index contributed by atoms with van der Waals surface area (Å²) in [4.78, 5) is 21.7. The van der Waals surface area contributed by atoms with Crippen LogP contribution in [0.2, 0.25) is 5.28 Å². The molecule has 0 bridgehead atoms. The highest BCUT2D eigenvalue weighted by atomic mass is 79.9. The predicted octanol–water partition coefficient (Wildman–Crippen LogP) is 2.61. The molecule has 2 rings (SSSR count). The zero-order valence-corrected chi connectivity index (χ0v) is 13.8. The summed E-state index contributed by atoms with van der Waals surface area (Å²) in [6.45, 7) is 6.81. The van der Waals surface area contributed by atoms with Gasteiger partial charge in [0.05, 0.1) is 10.5 Å². The van der Waals surface area contributed by atoms with E-state index >= 15 is 0 Å². The molecule has 2 heterocycles. The Hall–Kier alpha value is -1.08. The number of aromatic nitrogens is 2. The van der Waals surface area contributed by atoms with E-state index in [-0.39, 0.29) is 11.3 Å². The molecule has 1 saturated heterocycles. The van der Waals surface area contributed by atoms with Gasteiger partial charge in [0.25, 0.3) is 0 Å². The molecule has 0 saturated carbocycles. The van der Waals surface area contributed by atoms with Crippen molar-refractivity contribution in [2.24, 2.45) is 0 Å². The first-order valence-electron chi connectivity index (χ1n) is 6.17. The lowest BCUT2D eigenvalue weighted by Crippen LogP contribution is -2.60. The number of anilines is 1. The number of amides is 1. The fraction of sp³-hybridized carbons (Fsp3) is 0.583. The van der Waals surface area contributed by atoms with Gasteiger partial charge >= 0.3 is 6.09 Å². The van der Waals surface area contributed by atoms with Crippen LogP contribution in [0.5, 0.6) is 0 Å². The molecule has 1 aromatic heterocycles. The van der Waals surface area contributed by atoms with Gasteiger partial charge in [-0.2, -0.15) is 4.98 Å². The molecule has 110 valence electrons. The van der Waals surface area contributed by atoms with Crippen molar-refractivity contribution in [2.75, 3.05) is 18.0 Å². The van der Waals surface area contributed by atoms with Gasteiger partial charge < -0.3 is 15.0 Å². The van der Waals surface area contributed by atoms with Gasteiger partial charge in [0.15, 0.2) is 0 Å². The van der Waals surface area contributed by atoms with Gasteiger partial charge in [-0.1, -0.05) is 0 Å². The molecule has 0 unspecified atom stereocenters. The number of carbonyl (C=O) groups is 1. The van der Waals surface area contributed by atoms with Crippen molar-refractivity contribution < 1.29 is 9.53 Å². The van der Waals surface area contributed by atoms with Crippen molar-refractivity contribution in [3.05, 3.63) is 16.0 Å². The van der Waals surface area contributed by atoms with Crippen molar-refractivity contribution in [2.45, 2.75) is 32.4 Å². The molecule has 20 heavy (non-hydrogen) atoms. The summed E-state index contributed by atoms with van der Waals surface area (Å²) in [5.41, 5.74) is -0.489. The standard InChI is InChI=1S/C12H16BrClN4O2/c1-12(2,3)20-11(19)16-7-5-18(6-7)9-8(13)4-15-10(14)17-9/h4,7H,5-6H2,1-3H3,(H,16,19). The summed E-state index contributed by atoms with van der Waals surface area (Å²) in [6.07, 6.45) is 1.21. The number of rotatable bonds is 2. The minimum absolute atomic E-state index is 0.0468. The number of hydrogen-bond acceptors (Lipinski definition) is 5. The number of nitrogens with zero attached hydrogens (tertiary/aromatic N) is 3. The van der Waals surface area contributed by atoms with E-state index in [2.05, 4.69) is 31.2 Å². The number of halogens is 2. The first kappa shape index (κ1) is 15.3. The highest BCUT2D eigenvalue weighted by Crippen LogP contribution is 2.27. The van der Waals surface area contributed by atoms with Crippen molar-refractivity contribution in [1.82, 2.24) is 15.3 Å². The summed E-state index contributed by atoms with van der Waals surface area (Å²) in [6, 6.07) is 0.0468. The van der Waals surface area contributed by atoms with Crippen molar-refractivity contribution in [3.63, 3.8) is 0 Å². The molecule has 1 aromatic rings. The molecule has 0 radical (unpaired) electrons. The third kappa shape index (κ3) is 3.96. The average Bonchev–Trinajstić information content (AvgIpc) is 2.24. The van der Waals surface area contributed by atoms with Crippen molar-refractivity contribution >= 4 is 39.4 Å². The maximum atomic E-state index is 11.6. The van der Waals surface area contributed by atoms with Crippen molar-refractivity contribution in [3.8, 4) is 0 Å². The average molecular weight is 364 g/mol. The van der Waals surface area contributed by atoms with E-state index in [0.29, 0.717) is 13.1 Å². The Morgan fingerprint density at radius 3 is 2.80 bits per heavy atom. The molecule has 0 spiro atoms. The van der Waals surface area contributed by atoms with E-state index in [0.717, 1.165) is 10.3 Å². The third-order valence-electron chi connectivity index (χ3n) is 2.60. The van der Waals surface area contributed by atoms with Crippen LogP contribution >= 0.6 is 27.5 Å². The quantitative estimate of drug-likeness (QED) is 0.818. The molecule has 1 aliphatic heterocycles. The number of ether oxygens (including phenoxy) is 1. The number of nitrogens with one attached hydrogen (secondary N) is 1. The van der Waals surface area contributed by atoms with Crippen molar-refractivity contribution in [1.29, 1.82) is 0 Å². The highest BCUT2D eigenvalue weighted by molar-refractivity contribution is 9.10. The first-order valence-corrected chi connectivity index (χ1v) is 7.34. The molecule has 1 aliphatic rings. The van der Waals surface area contributed by atoms with E-state index < -0.39 is 11.7 Å². The normalized spacial score (nSPS) is 15.8. The van der Waals surface area contributed by atoms with Gasteiger partial charge in [0.2, 0.25) is 5.28 Å². The Bertz CT molecular complexity index is 515. The summed E-state index contributed by atoms with van der Waals surface area (Å²) < 4.78 is 5.98. The van der Waals surface area contributed by atoms with Crippen LogP contribution < -0.4 is 10.2 Å². The Balaban J connectivity index is 1.86. The third-order valence-corrected chi connectivity index (χ3v) is 3.34. The Labute approximate surface area is 131 Å². The second kappa shape index (κ2) is 5.73. The minimum atomic E-state index is -0.489. The largest absolute Gasteiger partial charge is 0.444 e. The molecule has 1 N–H and O–H groups in total. The van der Waals surface area contributed by atoms with Gasteiger partial charge in [-0.3, -0.25) is 0 Å². The topological polar surface area (TPSA) is 67.3 Å². The van der Waals surface area contributed by atoms with Crippen LogP contribution in [0.25, 0.3) is 0 Å². The lowest BCUT2D eigenvalue weighted by molar-refractivity contribution is 0.0496. The first-order chi connectivity index (χ1) is 9.24. The predicted molar refractivity (Wildman–Crippen MR) is 80.1 cm³/mol. The van der Waals surface area contributed by atoms with E-state index in [1.54, 1.807) is 6.20 Å². The van der Waals surface area contributed by atoms with Gasteiger partial charge in [0, 0.05) is 19.3 Å². The maximum Gasteiger partial charge on any atom is 0.407 e. The fourth-order valence-corrected chi connectivity index (χ4v) is 2.35. The van der Waals surface area contributed by atoms with E-state index in [1.165, 1.54) is 0 Å². The molecular weight excluding hydrogens is 348 g/mol. The zero-order valence-electron chi connectivity index (χ0n) is 11.5. The Morgan fingerprint density at radius 2 is 2.20 bits per heavy atom. The summed E-state index contributed by atoms with van der Waals surface area (Å²) in [7, 11) is 0. The fourth-order valence-electron chi connectivity index (χ4n) is 1.78. The molecule has 0 aliphatic carbocycles. The van der Waals surface area contributed by atoms with Crippen LogP contribution in [0.1, 0.15) is 20.8 Å². The minimum Gasteiger partial charge on any atom is -0.444 e. The molecule has 0 atom stereocenters. The smallest absolute Gasteiger partial charge is 0.407 e. The summed E-state index contributed by atoms with van der Waals surface area (Å²) in [5, 5.41) is 3.01. The lowest BCUT2D eigenvalue weighted by atomic mass is 10.1. The van der Waals surface area contributed by atoms with Crippen LogP contribution in [0.15, 0.2) is 10.7 Å². The van der Waals surface area contributed by atoms with Crippen LogP contribution in [0, 0.1) is 0 Å².